The summed E-state index contributed by atoms with van der Waals surface area (Å²) in [7, 11) is 1.57. The van der Waals surface area contributed by atoms with Crippen molar-refractivity contribution < 1.29 is 14.6 Å². The molecule has 0 saturated carbocycles. The molecule has 2 N–H and O–H groups in total. The molecule has 1 atom stereocenters. The molecule has 150 valence electrons. The fourth-order valence-corrected chi connectivity index (χ4v) is 4.18. The zero-order valence-corrected chi connectivity index (χ0v) is 16.4. The summed E-state index contributed by atoms with van der Waals surface area (Å²) in [6.45, 7) is 3.12. The molecular formula is C22H23N3O4. The van der Waals surface area contributed by atoms with Gasteiger partial charge in [-0.05, 0) is 67.3 Å². The van der Waals surface area contributed by atoms with E-state index in [-0.39, 0.29) is 23.8 Å². The molecule has 1 heterocycles. The van der Waals surface area contributed by atoms with Crippen molar-refractivity contribution in [2.75, 3.05) is 18.6 Å². The number of aryl methyl sites for hydroxylation is 1. The van der Waals surface area contributed by atoms with E-state index in [2.05, 4.69) is 21.8 Å². The highest BCUT2D eigenvalue weighted by Crippen LogP contribution is 2.39. The van der Waals surface area contributed by atoms with Gasteiger partial charge in [-0.25, -0.2) is 9.78 Å². The molecule has 7 heteroatoms. The lowest BCUT2D eigenvalue weighted by Crippen LogP contribution is -2.27. The number of nitrogens with zero attached hydrogens (tertiary/aromatic N) is 2. The van der Waals surface area contributed by atoms with Crippen molar-refractivity contribution in [3.05, 3.63) is 69.3 Å². The summed E-state index contributed by atoms with van der Waals surface area (Å²) >= 11 is 0. The number of hydrogen-bond acceptors (Lipinski definition) is 5. The quantitative estimate of drug-likeness (QED) is 0.667. The van der Waals surface area contributed by atoms with Crippen LogP contribution in [-0.4, -0.2) is 34.7 Å². The second kappa shape index (κ2) is 7.67. The first-order valence-corrected chi connectivity index (χ1v) is 9.66. The summed E-state index contributed by atoms with van der Waals surface area (Å²) in [5, 5.41) is 9.71. The van der Waals surface area contributed by atoms with E-state index >= 15 is 0 Å². The normalized spacial score (nSPS) is 15.4. The Morgan fingerprint density at radius 2 is 2.07 bits per heavy atom. The highest BCUT2D eigenvalue weighted by Gasteiger charge is 2.28. The van der Waals surface area contributed by atoms with E-state index in [9.17, 15) is 9.59 Å². The lowest BCUT2D eigenvalue weighted by molar-refractivity contribution is 0.0697. The number of carboxylic acid groups (broad SMARTS) is 1. The van der Waals surface area contributed by atoms with Crippen molar-refractivity contribution in [3.63, 3.8) is 0 Å². The van der Waals surface area contributed by atoms with Crippen LogP contribution in [0.15, 0.2) is 41.2 Å². The molecule has 0 amide bonds. The fraction of sp³-hybridized carbons (Fsp3) is 0.318. The van der Waals surface area contributed by atoms with Gasteiger partial charge in [-0.2, -0.15) is 0 Å². The number of methoxy groups -OCH3 is 1. The molecule has 1 aliphatic carbocycles. The Morgan fingerprint density at radius 3 is 2.72 bits per heavy atom. The van der Waals surface area contributed by atoms with Gasteiger partial charge in [-0.3, -0.25) is 4.79 Å². The first kappa shape index (κ1) is 19.1. The van der Waals surface area contributed by atoms with Crippen LogP contribution in [0.2, 0.25) is 0 Å². The maximum atomic E-state index is 12.6. The number of carbonyl (C=O) groups is 1. The van der Waals surface area contributed by atoms with Crippen LogP contribution in [0, 0.1) is 0 Å². The summed E-state index contributed by atoms with van der Waals surface area (Å²) in [6, 6.07) is 11.0. The standard InChI is InChI=1S/C22H23N3O4/c1-3-25(15-7-4-13(5-8-15)22(27)28)19-9-6-14-10-18-17(11-16(14)19)21(26)24-20(23-18)12-29-2/h4-5,7-8,10-11,19H,3,6,9,12H2,1-2H3,(H,27,28)(H,23,24,26). The minimum absolute atomic E-state index is 0.133. The first-order valence-electron chi connectivity index (χ1n) is 9.66. The summed E-state index contributed by atoms with van der Waals surface area (Å²) in [6.07, 6.45) is 1.84. The summed E-state index contributed by atoms with van der Waals surface area (Å²) < 4.78 is 5.08. The van der Waals surface area contributed by atoms with E-state index in [1.165, 1.54) is 5.56 Å². The molecule has 1 unspecified atom stereocenters. The Labute approximate surface area is 168 Å². The highest BCUT2D eigenvalue weighted by atomic mass is 16.5. The zero-order valence-electron chi connectivity index (χ0n) is 16.4. The number of nitrogens with one attached hydrogen (secondary N) is 1. The number of fused-ring (bicyclic) bond motifs is 2. The first-order chi connectivity index (χ1) is 14.0. The maximum Gasteiger partial charge on any atom is 0.335 e. The molecule has 29 heavy (non-hydrogen) atoms. The number of anilines is 1. The van der Waals surface area contributed by atoms with Crippen LogP contribution in [0.4, 0.5) is 5.69 Å². The molecule has 4 rings (SSSR count). The van der Waals surface area contributed by atoms with E-state index in [1.807, 2.05) is 24.3 Å². The van der Waals surface area contributed by atoms with Gasteiger partial charge in [0.2, 0.25) is 0 Å². The Hall–Kier alpha value is -3.19. The van der Waals surface area contributed by atoms with Crippen LogP contribution in [0.5, 0.6) is 0 Å². The van der Waals surface area contributed by atoms with Crippen molar-refractivity contribution >= 4 is 22.6 Å². The predicted molar refractivity (Wildman–Crippen MR) is 111 cm³/mol. The van der Waals surface area contributed by atoms with Gasteiger partial charge in [0, 0.05) is 19.3 Å². The van der Waals surface area contributed by atoms with Gasteiger partial charge in [0.1, 0.15) is 12.4 Å². The molecule has 7 nitrogen and oxygen atoms in total. The predicted octanol–water partition coefficient (Wildman–Crippen LogP) is 3.28. The number of carboxylic acids is 1. The van der Waals surface area contributed by atoms with Gasteiger partial charge >= 0.3 is 5.97 Å². The summed E-state index contributed by atoms with van der Waals surface area (Å²) in [5.41, 5.74) is 4.10. The third-order valence-electron chi connectivity index (χ3n) is 5.51. The molecule has 0 bridgehead atoms. The highest BCUT2D eigenvalue weighted by molar-refractivity contribution is 5.88. The smallest absolute Gasteiger partial charge is 0.335 e. The number of ether oxygens (including phenoxy) is 1. The van der Waals surface area contributed by atoms with Crippen LogP contribution >= 0.6 is 0 Å². The minimum atomic E-state index is -0.933. The van der Waals surface area contributed by atoms with Gasteiger partial charge in [-0.1, -0.05) is 0 Å². The summed E-state index contributed by atoms with van der Waals surface area (Å²) in [4.78, 5) is 33.3. The van der Waals surface area contributed by atoms with Crippen molar-refractivity contribution in [1.29, 1.82) is 0 Å². The van der Waals surface area contributed by atoms with Crippen LogP contribution in [-0.2, 0) is 17.8 Å². The van der Waals surface area contributed by atoms with Gasteiger partial charge in [0.15, 0.2) is 0 Å². The van der Waals surface area contributed by atoms with Gasteiger partial charge in [-0.15, -0.1) is 0 Å². The van der Waals surface area contributed by atoms with E-state index < -0.39 is 5.97 Å². The molecule has 0 fully saturated rings. The third-order valence-corrected chi connectivity index (χ3v) is 5.51. The van der Waals surface area contributed by atoms with Crippen LogP contribution in [0.1, 0.15) is 46.7 Å². The molecule has 0 spiro atoms. The fourth-order valence-electron chi connectivity index (χ4n) is 4.18. The third kappa shape index (κ3) is 3.49. The SMILES string of the molecule is CCN(c1ccc(C(=O)O)cc1)C1CCc2cc3nc(COC)[nH]c(=O)c3cc21. The minimum Gasteiger partial charge on any atom is -0.478 e. The van der Waals surface area contributed by atoms with Crippen molar-refractivity contribution in [1.82, 2.24) is 9.97 Å². The molecule has 2 aromatic carbocycles. The number of H-pyrrole nitrogens is 1. The lowest BCUT2D eigenvalue weighted by Gasteiger charge is -2.31. The number of aromatic carboxylic acids is 1. The van der Waals surface area contributed by atoms with Crippen molar-refractivity contribution in [2.45, 2.75) is 32.4 Å². The molecule has 0 saturated heterocycles. The second-order valence-corrected chi connectivity index (χ2v) is 7.21. The van der Waals surface area contributed by atoms with E-state index in [4.69, 9.17) is 9.84 Å². The second-order valence-electron chi connectivity index (χ2n) is 7.21. The molecule has 1 aromatic heterocycles. The number of rotatable bonds is 6. The van der Waals surface area contributed by atoms with Crippen molar-refractivity contribution in [3.8, 4) is 0 Å². The van der Waals surface area contributed by atoms with Crippen LogP contribution in [0.25, 0.3) is 10.9 Å². The maximum absolute atomic E-state index is 12.6. The van der Waals surface area contributed by atoms with Gasteiger partial charge in [0.25, 0.3) is 5.56 Å². The van der Waals surface area contributed by atoms with Crippen LogP contribution in [0.3, 0.4) is 0 Å². The Balaban J connectivity index is 1.73. The Morgan fingerprint density at radius 1 is 1.31 bits per heavy atom. The zero-order chi connectivity index (χ0) is 20.5. The molecule has 0 radical (unpaired) electrons. The molecular weight excluding hydrogens is 370 g/mol. The van der Waals surface area contributed by atoms with Crippen LogP contribution < -0.4 is 10.5 Å². The van der Waals surface area contributed by atoms with E-state index in [0.29, 0.717) is 16.7 Å². The average Bonchev–Trinajstić information content (AvgIpc) is 3.11. The molecule has 0 aliphatic heterocycles. The van der Waals surface area contributed by atoms with Gasteiger partial charge < -0.3 is 19.7 Å². The number of aromatic nitrogens is 2. The molecule has 1 aliphatic rings. The lowest BCUT2D eigenvalue weighted by atomic mass is 10.0. The summed E-state index contributed by atoms with van der Waals surface area (Å²) in [5.74, 6) is -0.412. The Bertz CT molecular complexity index is 1120. The van der Waals surface area contributed by atoms with Gasteiger partial charge in [0.05, 0.1) is 22.5 Å². The average molecular weight is 393 g/mol. The van der Waals surface area contributed by atoms with E-state index in [0.717, 1.165) is 30.6 Å². The number of benzene rings is 2. The number of aromatic amines is 1. The molecule has 3 aromatic rings. The largest absolute Gasteiger partial charge is 0.478 e. The topological polar surface area (TPSA) is 95.5 Å². The monoisotopic (exact) mass is 393 g/mol. The van der Waals surface area contributed by atoms with Crippen molar-refractivity contribution in [2.24, 2.45) is 0 Å². The Kier molecular flexibility index (Phi) is 5.07. The number of hydrogen-bond donors (Lipinski definition) is 2. The van der Waals surface area contributed by atoms with E-state index in [1.54, 1.807) is 19.2 Å².